The monoisotopic (exact) mass is 396 g/mol. The molecular weight excluding hydrogens is 372 g/mol. The molecule has 3 aromatic carbocycles. The normalized spacial score (nSPS) is 10.3. The number of ether oxygens (including phenoxy) is 1. The summed E-state index contributed by atoms with van der Waals surface area (Å²) in [4.78, 5) is 23.4. The van der Waals surface area contributed by atoms with Gasteiger partial charge in [-0.3, -0.25) is 4.79 Å². The Morgan fingerprint density at radius 1 is 0.667 bits per heavy atom. The highest BCUT2D eigenvalue weighted by Crippen LogP contribution is 2.27. The number of benzene rings is 3. The number of ketones is 1. The van der Waals surface area contributed by atoms with Gasteiger partial charge in [-0.15, -0.1) is 0 Å². The predicted octanol–water partition coefficient (Wildman–Crippen LogP) is 6.19. The Hall–Kier alpha value is -3.72. The third kappa shape index (κ3) is 5.21. The van der Waals surface area contributed by atoms with E-state index in [4.69, 9.17) is 4.74 Å². The fourth-order valence-corrected chi connectivity index (χ4v) is 2.92. The Balaban J connectivity index is 1.70. The first-order valence-corrected chi connectivity index (χ1v) is 9.69. The van der Waals surface area contributed by atoms with E-state index in [1.165, 1.54) is 0 Å². The van der Waals surface area contributed by atoms with E-state index in [2.05, 4.69) is 37.4 Å². The molecule has 0 radical (unpaired) electrons. The smallest absolute Gasteiger partial charge is 0.338 e. The van der Waals surface area contributed by atoms with E-state index in [0.29, 0.717) is 23.3 Å². The second-order valence-corrected chi connectivity index (χ2v) is 7.35. The zero-order valence-electron chi connectivity index (χ0n) is 17.3. The van der Waals surface area contributed by atoms with Crippen LogP contribution in [-0.2, 0) is 16.0 Å². The number of allylic oxidation sites excluding steroid dienone is 1. The van der Waals surface area contributed by atoms with Crippen molar-refractivity contribution >= 4 is 11.8 Å². The SMILES string of the molecule is C=C(C)C(=O)Cc1ccc(-c2ccc(-c3ccc(OC(=O)C(=C)C)cc3)cc2)cc1. The van der Waals surface area contributed by atoms with E-state index < -0.39 is 5.97 Å². The molecular formula is C27H24O3. The van der Waals surface area contributed by atoms with Gasteiger partial charge in [0.2, 0.25) is 0 Å². The van der Waals surface area contributed by atoms with Crippen LogP contribution in [0.15, 0.2) is 97.1 Å². The van der Waals surface area contributed by atoms with Crippen LogP contribution >= 0.6 is 0 Å². The Kier molecular flexibility index (Phi) is 6.43. The third-order valence-electron chi connectivity index (χ3n) is 4.76. The van der Waals surface area contributed by atoms with Gasteiger partial charge in [-0.05, 0) is 59.4 Å². The maximum absolute atomic E-state index is 11.8. The molecule has 3 nitrogen and oxygen atoms in total. The van der Waals surface area contributed by atoms with Crippen molar-refractivity contribution in [2.75, 3.05) is 0 Å². The van der Waals surface area contributed by atoms with Crippen LogP contribution in [0.5, 0.6) is 5.75 Å². The van der Waals surface area contributed by atoms with E-state index in [1.54, 1.807) is 26.0 Å². The molecule has 0 saturated heterocycles. The quantitative estimate of drug-likeness (QED) is 0.272. The van der Waals surface area contributed by atoms with Crippen molar-refractivity contribution in [3.05, 3.63) is 103 Å². The molecule has 3 heteroatoms. The summed E-state index contributed by atoms with van der Waals surface area (Å²) in [5, 5.41) is 0. The van der Waals surface area contributed by atoms with Gasteiger partial charge in [0, 0.05) is 12.0 Å². The maximum Gasteiger partial charge on any atom is 0.338 e. The molecule has 0 unspecified atom stereocenters. The van der Waals surface area contributed by atoms with E-state index in [-0.39, 0.29) is 5.78 Å². The van der Waals surface area contributed by atoms with Gasteiger partial charge in [-0.1, -0.05) is 73.8 Å². The van der Waals surface area contributed by atoms with Crippen molar-refractivity contribution in [3.63, 3.8) is 0 Å². The largest absolute Gasteiger partial charge is 0.423 e. The average Bonchev–Trinajstić information content (AvgIpc) is 2.75. The number of hydrogen-bond acceptors (Lipinski definition) is 3. The molecule has 0 aromatic heterocycles. The van der Waals surface area contributed by atoms with Crippen LogP contribution in [0, 0.1) is 0 Å². The minimum atomic E-state index is -0.429. The summed E-state index contributed by atoms with van der Waals surface area (Å²) in [5.74, 6) is 0.128. The van der Waals surface area contributed by atoms with Crippen LogP contribution in [-0.4, -0.2) is 11.8 Å². The lowest BCUT2D eigenvalue weighted by Crippen LogP contribution is -2.07. The summed E-state index contributed by atoms with van der Waals surface area (Å²) in [5.41, 5.74) is 6.22. The van der Waals surface area contributed by atoms with Gasteiger partial charge in [-0.25, -0.2) is 4.79 Å². The second-order valence-electron chi connectivity index (χ2n) is 7.35. The van der Waals surface area contributed by atoms with Gasteiger partial charge in [0.1, 0.15) is 5.75 Å². The molecule has 0 bridgehead atoms. The van der Waals surface area contributed by atoms with Crippen LogP contribution in [0.1, 0.15) is 19.4 Å². The molecule has 0 aliphatic heterocycles. The molecule has 30 heavy (non-hydrogen) atoms. The fraction of sp³-hybridized carbons (Fsp3) is 0.111. The second kappa shape index (κ2) is 9.19. The standard InChI is InChI=1S/C27H24O3/c1-18(2)26(28)17-20-5-7-21(8-6-20)22-9-11-23(12-10-22)24-13-15-25(16-14-24)30-27(29)19(3)4/h5-16H,1,3,17H2,2,4H3. The summed E-state index contributed by atoms with van der Waals surface area (Å²) < 4.78 is 5.23. The van der Waals surface area contributed by atoms with Gasteiger partial charge >= 0.3 is 5.97 Å². The zero-order chi connectivity index (χ0) is 21.7. The van der Waals surface area contributed by atoms with Crippen LogP contribution in [0.3, 0.4) is 0 Å². The zero-order valence-corrected chi connectivity index (χ0v) is 17.3. The lowest BCUT2D eigenvalue weighted by Gasteiger charge is -2.08. The van der Waals surface area contributed by atoms with Gasteiger partial charge in [0.25, 0.3) is 0 Å². The van der Waals surface area contributed by atoms with E-state index >= 15 is 0 Å². The molecule has 0 fully saturated rings. The number of rotatable bonds is 7. The number of esters is 1. The van der Waals surface area contributed by atoms with E-state index in [0.717, 1.165) is 27.8 Å². The minimum Gasteiger partial charge on any atom is -0.423 e. The molecule has 0 saturated carbocycles. The van der Waals surface area contributed by atoms with E-state index in [9.17, 15) is 9.59 Å². The molecule has 0 spiro atoms. The summed E-state index contributed by atoms with van der Waals surface area (Å²) in [6, 6.07) is 23.7. The highest BCUT2D eigenvalue weighted by Gasteiger charge is 2.07. The topological polar surface area (TPSA) is 43.4 Å². The Morgan fingerprint density at radius 3 is 1.47 bits per heavy atom. The third-order valence-corrected chi connectivity index (χ3v) is 4.76. The average molecular weight is 396 g/mol. The number of Topliss-reactive ketones (excluding diaryl/α,β-unsaturated/α-hetero) is 1. The Labute approximate surface area is 177 Å². The van der Waals surface area contributed by atoms with Gasteiger partial charge in [0.15, 0.2) is 5.78 Å². The van der Waals surface area contributed by atoms with Gasteiger partial charge in [0.05, 0.1) is 0 Å². The van der Waals surface area contributed by atoms with Gasteiger partial charge < -0.3 is 4.74 Å². The lowest BCUT2D eigenvalue weighted by atomic mass is 9.98. The van der Waals surface area contributed by atoms with Crippen LogP contribution in [0.2, 0.25) is 0 Å². The highest BCUT2D eigenvalue weighted by molar-refractivity contribution is 5.95. The maximum atomic E-state index is 11.8. The molecule has 150 valence electrons. The predicted molar refractivity (Wildman–Crippen MR) is 121 cm³/mol. The fourth-order valence-electron chi connectivity index (χ4n) is 2.92. The van der Waals surface area contributed by atoms with Crippen LogP contribution < -0.4 is 4.74 Å². The number of carbonyl (C=O) groups excluding carboxylic acids is 2. The van der Waals surface area contributed by atoms with Crippen molar-refractivity contribution in [1.82, 2.24) is 0 Å². The molecule has 3 aromatic rings. The first-order valence-electron chi connectivity index (χ1n) is 9.69. The first-order chi connectivity index (χ1) is 14.3. The summed E-state index contributed by atoms with van der Waals surface area (Å²) >= 11 is 0. The van der Waals surface area contributed by atoms with Crippen molar-refractivity contribution in [3.8, 4) is 28.0 Å². The summed E-state index contributed by atoms with van der Waals surface area (Å²) in [7, 11) is 0. The Morgan fingerprint density at radius 2 is 1.07 bits per heavy atom. The van der Waals surface area contributed by atoms with Gasteiger partial charge in [-0.2, -0.15) is 0 Å². The molecule has 0 amide bonds. The van der Waals surface area contributed by atoms with Crippen molar-refractivity contribution in [2.45, 2.75) is 20.3 Å². The molecule has 0 heterocycles. The van der Waals surface area contributed by atoms with Crippen molar-refractivity contribution in [2.24, 2.45) is 0 Å². The summed E-state index contributed by atoms with van der Waals surface area (Å²) in [6.45, 7) is 10.6. The summed E-state index contributed by atoms with van der Waals surface area (Å²) in [6.07, 6.45) is 0.381. The molecule has 0 aliphatic rings. The lowest BCUT2D eigenvalue weighted by molar-refractivity contribution is -0.130. The van der Waals surface area contributed by atoms with Crippen molar-refractivity contribution < 1.29 is 14.3 Å². The number of carbonyl (C=O) groups is 2. The minimum absolute atomic E-state index is 0.0625. The molecule has 0 atom stereocenters. The number of hydrogen-bond donors (Lipinski definition) is 0. The van der Waals surface area contributed by atoms with E-state index in [1.807, 2.05) is 36.4 Å². The van der Waals surface area contributed by atoms with Crippen LogP contribution in [0.25, 0.3) is 22.3 Å². The molecule has 0 aliphatic carbocycles. The first kappa shape index (κ1) is 21.0. The Bertz CT molecular complexity index is 996. The molecule has 0 N–H and O–H groups in total. The van der Waals surface area contributed by atoms with Crippen molar-refractivity contribution in [1.29, 1.82) is 0 Å². The highest BCUT2D eigenvalue weighted by atomic mass is 16.5. The molecule has 3 rings (SSSR count). The van der Waals surface area contributed by atoms with Crippen LogP contribution in [0.4, 0.5) is 0 Å².